The first-order chi connectivity index (χ1) is 15.0. The molecule has 0 radical (unpaired) electrons. The van der Waals surface area contributed by atoms with Gasteiger partial charge in [0.2, 0.25) is 5.72 Å². The second kappa shape index (κ2) is 8.14. The molecule has 0 aliphatic carbocycles. The lowest BCUT2D eigenvalue weighted by Gasteiger charge is -2.46. The molecule has 3 atom stereocenters. The number of hydrogen-bond acceptors (Lipinski definition) is 3. The fourth-order valence-corrected chi connectivity index (χ4v) is 4.20. The molecule has 0 saturated carbocycles. The van der Waals surface area contributed by atoms with Gasteiger partial charge in [0.1, 0.15) is 11.3 Å². The van der Waals surface area contributed by atoms with Crippen molar-refractivity contribution in [1.82, 2.24) is 4.90 Å². The lowest BCUT2D eigenvalue weighted by atomic mass is 9.81. The number of ether oxygens (including phenoxy) is 1. The van der Waals surface area contributed by atoms with Crippen molar-refractivity contribution in [3.8, 4) is 5.75 Å². The molecule has 180 valence electrons. The summed E-state index contributed by atoms with van der Waals surface area (Å²) in [6, 6.07) is 6.73. The zero-order chi connectivity index (χ0) is 25.0. The minimum atomic E-state index is -5.29. The Morgan fingerprint density at radius 2 is 1.64 bits per heavy atom. The van der Waals surface area contributed by atoms with Crippen LogP contribution in [0.15, 0.2) is 48.5 Å². The minimum Gasteiger partial charge on any atom is -0.406 e. The number of benzene rings is 2. The van der Waals surface area contributed by atoms with Gasteiger partial charge < -0.3 is 9.84 Å². The topological polar surface area (TPSA) is 53.0 Å². The number of urea groups is 1. The summed E-state index contributed by atoms with van der Waals surface area (Å²) in [5.41, 5.74) is -9.13. The maximum Gasteiger partial charge on any atom is 0.573 e. The van der Waals surface area contributed by atoms with E-state index in [0.29, 0.717) is 22.8 Å². The average Bonchev–Trinajstić information content (AvgIpc) is 2.86. The monoisotopic (exact) mass is 516 g/mol. The molecule has 13 heteroatoms. The molecule has 2 aromatic rings. The summed E-state index contributed by atoms with van der Waals surface area (Å²) in [5.74, 6) is -0.891. The number of nitrogens with zero attached hydrogens (tertiary/aromatic N) is 2. The van der Waals surface area contributed by atoms with E-state index in [1.54, 1.807) is 0 Å². The van der Waals surface area contributed by atoms with Crippen LogP contribution >= 0.6 is 23.2 Å². The number of hydrogen-bond donors (Lipinski definition) is 1. The largest absolute Gasteiger partial charge is 0.573 e. The summed E-state index contributed by atoms with van der Waals surface area (Å²) >= 11 is 11.8. The summed E-state index contributed by atoms with van der Waals surface area (Å²) in [5, 5.41) is 11.8. The van der Waals surface area contributed by atoms with Gasteiger partial charge in [-0.2, -0.15) is 13.2 Å². The molecule has 0 bridgehead atoms. The van der Waals surface area contributed by atoms with Crippen molar-refractivity contribution >= 4 is 34.9 Å². The molecule has 3 rings (SSSR count). The zero-order valence-electron chi connectivity index (χ0n) is 16.9. The number of rotatable bonds is 4. The first kappa shape index (κ1) is 25.3. The highest BCUT2D eigenvalue weighted by molar-refractivity contribution is 6.30. The second-order valence-corrected chi connectivity index (χ2v) is 8.42. The van der Waals surface area contributed by atoms with Gasteiger partial charge in [-0.25, -0.2) is 4.79 Å². The van der Waals surface area contributed by atoms with E-state index in [-0.39, 0.29) is 10.7 Å². The van der Waals surface area contributed by atoms with Crippen LogP contribution in [-0.2, 0) is 5.72 Å². The third kappa shape index (κ3) is 4.06. The molecule has 1 heterocycles. The minimum absolute atomic E-state index is 0.175. The Kier molecular flexibility index (Phi) is 6.23. The molecular weight excluding hydrogens is 501 g/mol. The van der Waals surface area contributed by atoms with Crippen molar-refractivity contribution in [2.24, 2.45) is 0 Å². The van der Waals surface area contributed by atoms with Gasteiger partial charge in [-0.15, -0.1) is 13.2 Å². The Balaban J connectivity index is 2.32. The Hall–Kier alpha value is -2.37. The number of aliphatic hydroxyl groups is 1. The highest BCUT2D eigenvalue weighted by Crippen LogP contribution is 2.57. The molecule has 2 aromatic carbocycles. The summed E-state index contributed by atoms with van der Waals surface area (Å²) in [6.07, 6.45) is -10.4. The van der Waals surface area contributed by atoms with E-state index < -0.39 is 46.6 Å². The van der Waals surface area contributed by atoms with Gasteiger partial charge >= 0.3 is 18.6 Å². The van der Waals surface area contributed by atoms with E-state index in [1.165, 1.54) is 12.1 Å². The molecular formula is C20H16Cl2F6N2O3. The maximum absolute atomic E-state index is 14.7. The van der Waals surface area contributed by atoms with E-state index in [0.717, 1.165) is 37.3 Å². The second-order valence-electron chi connectivity index (χ2n) is 7.36. The smallest absolute Gasteiger partial charge is 0.406 e. The van der Waals surface area contributed by atoms with Gasteiger partial charge in [0.15, 0.2) is 5.54 Å². The first-order valence-corrected chi connectivity index (χ1v) is 10.0. The number of amides is 2. The number of carbonyl (C=O) groups is 1. The Morgan fingerprint density at radius 3 is 2.12 bits per heavy atom. The molecule has 1 fully saturated rings. The van der Waals surface area contributed by atoms with Gasteiger partial charge in [-0.1, -0.05) is 35.3 Å². The predicted octanol–water partition coefficient (Wildman–Crippen LogP) is 6.23. The van der Waals surface area contributed by atoms with Crippen molar-refractivity contribution < 1.29 is 41.0 Å². The third-order valence-corrected chi connectivity index (χ3v) is 5.78. The quantitative estimate of drug-likeness (QED) is 0.297. The van der Waals surface area contributed by atoms with Crippen LogP contribution in [0.5, 0.6) is 5.75 Å². The Bertz CT molecular complexity index is 1050. The SMILES string of the molecule is CC(Cl)N1C(=O)N(c2ccc(Cl)cc2)C(C)(C(F)(F)F)C1(O)c1cccc(OC(F)(F)F)c1. The van der Waals surface area contributed by atoms with Crippen molar-refractivity contribution in [1.29, 1.82) is 0 Å². The summed E-state index contributed by atoms with van der Waals surface area (Å²) in [4.78, 5) is 13.9. The average molecular weight is 517 g/mol. The Labute approximate surface area is 194 Å². The van der Waals surface area contributed by atoms with Crippen molar-refractivity contribution in [2.75, 3.05) is 4.90 Å². The highest BCUT2D eigenvalue weighted by atomic mass is 35.5. The van der Waals surface area contributed by atoms with Crippen LogP contribution in [0.4, 0.5) is 36.8 Å². The fourth-order valence-electron chi connectivity index (χ4n) is 3.85. The van der Waals surface area contributed by atoms with Gasteiger partial charge in [0, 0.05) is 16.3 Å². The number of carbonyl (C=O) groups excluding carboxylic acids is 1. The standard InChI is InChI=1S/C20H16Cl2F6N2O3/c1-11(21)29-16(31)30(14-8-6-13(22)7-9-14)17(2,19(23,24)25)18(29,32)12-4-3-5-15(10-12)33-20(26,27)28/h3-11,32H,1-2H3. The molecule has 1 saturated heterocycles. The Morgan fingerprint density at radius 1 is 1.06 bits per heavy atom. The van der Waals surface area contributed by atoms with Crippen LogP contribution < -0.4 is 9.64 Å². The molecule has 1 N–H and O–H groups in total. The molecule has 33 heavy (non-hydrogen) atoms. The van der Waals surface area contributed by atoms with Gasteiger partial charge in [-0.05, 0) is 50.2 Å². The van der Waals surface area contributed by atoms with Crippen LogP contribution in [0, 0.1) is 0 Å². The van der Waals surface area contributed by atoms with Crippen LogP contribution in [-0.4, -0.2) is 39.6 Å². The highest BCUT2D eigenvalue weighted by Gasteiger charge is 2.77. The van der Waals surface area contributed by atoms with E-state index in [1.807, 2.05) is 0 Å². The van der Waals surface area contributed by atoms with E-state index >= 15 is 0 Å². The summed E-state index contributed by atoms with van der Waals surface area (Å²) in [7, 11) is 0. The van der Waals surface area contributed by atoms with Gasteiger partial charge in [0.25, 0.3) is 0 Å². The molecule has 0 aromatic heterocycles. The maximum atomic E-state index is 14.7. The van der Waals surface area contributed by atoms with Crippen LogP contribution in [0.25, 0.3) is 0 Å². The fraction of sp³-hybridized carbons (Fsp3) is 0.350. The van der Waals surface area contributed by atoms with E-state index in [9.17, 15) is 36.2 Å². The molecule has 3 unspecified atom stereocenters. The molecule has 5 nitrogen and oxygen atoms in total. The normalized spacial score (nSPS) is 24.9. The van der Waals surface area contributed by atoms with Crippen molar-refractivity contribution in [2.45, 2.75) is 43.2 Å². The predicted molar refractivity (Wildman–Crippen MR) is 108 cm³/mol. The lowest BCUT2D eigenvalue weighted by molar-refractivity contribution is -0.275. The molecule has 1 aliphatic heterocycles. The number of alkyl halides is 7. The molecule has 2 amide bonds. The van der Waals surface area contributed by atoms with Crippen LogP contribution in [0.3, 0.4) is 0 Å². The summed E-state index contributed by atoms with van der Waals surface area (Å²) < 4.78 is 85.9. The first-order valence-electron chi connectivity index (χ1n) is 9.22. The van der Waals surface area contributed by atoms with E-state index in [4.69, 9.17) is 23.2 Å². The summed E-state index contributed by atoms with van der Waals surface area (Å²) in [6.45, 7) is 1.69. The lowest BCUT2D eigenvalue weighted by Crippen LogP contribution is -2.66. The van der Waals surface area contributed by atoms with Crippen LogP contribution in [0.1, 0.15) is 19.4 Å². The number of halogens is 8. The van der Waals surface area contributed by atoms with Crippen LogP contribution in [0.2, 0.25) is 5.02 Å². The van der Waals surface area contributed by atoms with E-state index in [2.05, 4.69) is 4.74 Å². The molecule has 0 spiro atoms. The zero-order valence-corrected chi connectivity index (χ0v) is 18.4. The van der Waals surface area contributed by atoms with Gasteiger partial charge in [0.05, 0.1) is 0 Å². The van der Waals surface area contributed by atoms with Crippen molar-refractivity contribution in [3.63, 3.8) is 0 Å². The number of anilines is 1. The van der Waals surface area contributed by atoms with Gasteiger partial charge in [-0.3, -0.25) is 9.80 Å². The molecule has 1 aliphatic rings. The third-order valence-electron chi connectivity index (χ3n) is 5.33. The van der Waals surface area contributed by atoms with Crippen molar-refractivity contribution in [3.05, 3.63) is 59.1 Å².